The number of thioether (sulfide) groups is 1. The molecule has 0 radical (unpaired) electrons. The minimum Gasteiger partial charge on any atom is -0.326 e. The van der Waals surface area contributed by atoms with E-state index >= 15 is 0 Å². The summed E-state index contributed by atoms with van der Waals surface area (Å²) in [6.45, 7) is 2.35. The highest BCUT2D eigenvalue weighted by Crippen LogP contribution is 2.38. The van der Waals surface area contributed by atoms with E-state index in [0.29, 0.717) is 6.04 Å². The Bertz CT molecular complexity index is 201. The molecule has 0 aromatic carbocycles. The molecule has 1 saturated heterocycles. The summed E-state index contributed by atoms with van der Waals surface area (Å²) in [5.74, 6) is 3.10. The van der Waals surface area contributed by atoms with Crippen molar-refractivity contribution in [3.63, 3.8) is 0 Å². The molecule has 0 aromatic heterocycles. The van der Waals surface area contributed by atoms with Crippen molar-refractivity contribution in [3.8, 4) is 0 Å². The Kier molecular flexibility index (Phi) is 5.02. The van der Waals surface area contributed by atoms with Crippen molar-refractivity contribution in [1.29, 1.82) is 0 Å². The molecule has 0 aromatic rings. The molecule has 2 heteroatoms. The zero-order valence-corrected chi connectivity index (χ0v) is 11.5. The highest BCUT2D eigenvalue weighted by atomic mass is 32.2. The molecule has 1 heterocycles. The quantitative estimate of drug-likeness (QED) is 0.813. The van der Waals surface area contributed by atoms with Gasteiger partial charge in [-0.15, -0.1) is 0 Å². The predicted molar refractivity (Wildman–Crippen MR) is 73.8 cm³/mol. The first-order chi connectivity index (χ1) is 7.83. The van der Waals surface area contributed by atoms with Crippen LogP contribution >= 0.6 is 11.8 Å². The Labute approximate surface area is 105 Å². The molecule has 1 aliphatic heterocycles. The lowest BCUT2D eigenvalue weighted by Crippen LogP contribution is -2.44. The van der Waals surface area contributed by atoms with Crippen LogP contribution in [0.15, 0.2) is 0 Å². The summed E-state index contributed by atoms with van der Waals surface area (Å²) in [6.07, 6.45) is 11.2. The van der Waals surface area contributed by atoms with E-state index in [1.54, 1.807) is 0 Å². The van der Waals surface area contributed by atoms with Gasteiger partial charge in [-0.3, -0.25) is 0 Å². The third kappa shape index (κ3) is 2.95. The van der Waals surface area contributed by atoms with E-state index in [2.05, 4.69) is 18.7 Å². The SMILES string of the molecule is CCC1CCCCC1C(N)C1CCCCS1. The molecule has 0 amide bonds. The standard InChI is InChI=1S/C14H27NS/c1-2-11-7-3-4-8-12(11)14(15)13-9-5-6-10-16-13/h11-14H,2-10,15H2,1H3. The Morgan fingerprint density at radius 2 is 1.88 bits per heavy atom. The minimum atomic E-state index is 0.482. The monoisotopic (exact) mass is 241 g/mol. The fourth-order valence-electron chi connectivity index (χ4n) is 3.59. The van der Waals surface area contributed by atoms with Crippen LogP contribution in [0.5, 0.6) is 0 Å². The molecule has 94 valence electrons. The summed E-state index contributed by atoms with van der Waals surface area (Å²) >= 11 is 2.15. The van der Waals surface area contributed by atoms with Crippen LogP contribution in [0, 0.1) is 11.8 Å². The molecule has 16 heavy (non-hydrogen) atoms. The van der Waals surface area contributed by atoms with Gasteiger partial charge in [0.05, 0.1) is 0 Å². The summed E-state index contributed by atoms with van der Waals surface area (Å²) in [5.41, 5.74) is 6.57. The fraction of sp³-hybridized carbons (Fsp3) is 1.00. The largest absolute Gasteiger partial charge is 0.326 e. The van der Waals surface area contributed by atoms with E-state index in [4.69, 9.17) is 5.73 Å². The van der Waals surface area contributed by atoms with E-state index in [0.717, 1.165) is 17.1 Å². The van der Waals surface area contributed by atoms with Crippen LogP contribution in [0.1, 0.15) is 58.3 Å². The molecule has 2 rings (SSSR count). The van der Waals surface area contributed by atoms with Crippen LogP contribution in [0.4, 0.5) is 0 Å². The first-order valence-electron chi connectivity index (χ1n) is 7.20. The second-order valence-corrected chi connectivity index (χ2v) is 6.95. The van der Waals surface area contributed by atoms with Crippen LogP contribution in [-0.4, -0.2) is 17.0 Å². The van der Waals surface area contributed by atoms with Crippen molar-refractivity contribution in [2.75, 3.05) is 5.75 Å². The van der Waals surface area contributed by atoms with E-state index in [1.165, 1.54) is 57.1 Å². The van der Waals surface area contributed by atoms with Crippen molar-refractivity contribution < 1.29 is 0 Å². The lowest BCUT2D eigenvalue weighted by atomic mass is 9.73. The van der Waals surface area contributed by atoms with Gasteiger partial charge in [-0.1, -0.05) is 39.0 Å². The number of nitrogens with two attached hydrogens (primary N) is 1. The maximum atomic E-state index is 6.57. The third-order valence-corrected chi connectivity index (χ3v) is 6.13. The first kappa shape index (κ1) is 12.8. The first-order valence-corrected chi connectivity index (χ1v) is 8.25. The lowest BCUT2D eigenvalue weighted by Gasteiger charge is -2.39. The smallest absolute Gasteiger partial charge is 0.0201 e. The lowest BCUT2D eigenvalue weighted by molar-refractivity contribution is 0.191. The summed E-state index contributed by atoms with van der Waals surface area (Å²) in [5, 5.41) is 0.769. The van der Waals surface area contributed by atoms with Gasteiger partial charge in [0.15, 0.2) is 0 Å². The number of rotatable bonds is 3. The molecule has 2 aliphatic rings. The number of hydrogen-bond acceptors (Lipinski definition) is 2. The van der Waals surface area contributed by atoms with E-state index in [1.807, 2.05) is 0 Å². The Hall–Kier alpha value is 0.310. The molecule has 1 aliphatic carbocycles. The predicted octanol–water partition coefficient (Wildman–Crippen LogP) is 3.82. The van der Waals surface area contributed by atoms with Gasteiger partial charge in [0.1, 0.15) is 0 Å². The Morgan fingerprint density at radius 3 is 2.56 bits per heavy atom. The van der Waals surface area contributed by atoms with Gasteiger partial charge in [-0.05, 0) is 36.9 Å². The summed E-state index contributed by atoms with van der Waals surface area (Å²) in [7, 11) is 0. The fourth-order valence-corrected chi connectivity index (χ4v) is 5.03. The highest BCUT2D eigenvalue weighted by molar-refractivity contribution is 8.00. The van der Waals surface area contributed by atoms with Crippen molar-refractivity contribution in [1.82, 2.24) is 0 Å². The Balaban J connectivity index is 1.92. The van der Waals surface area contributed by atoms with Gasteiger partial charge in [-0.2, -0.15) is 11.8 Å². The van der Waals surface area contributed by atoms with Crippen LogP contribution in [0.3, 0.4) is 0 Å². The van der Waals surface area contributed by atoms with Gasteiger partial charge in [0.2, 0.25) is 0 Å². The second-order valence-electron chi connectivity index (χ2n) is 5.60. The van der Waals surface area contributed by atoms with Gasteiger partial charge < -0.3 is 5.73 Å². The van der Waals surface area contributed by atoms with Gasteiger partial charge in [0.25, 0.3) is 0 Å². The van der Waals surface area contributed by atoms with Crippen LogP contribution in [-0.2, 0) is 0 Å². The zero-order chi connectivity index (χ0) is 11.4. The molecule has 1 nitrogen and oxygen atoms in total. The summed E-state index contributed by atoms with van der Waals surface area (Å²) in [6, 6.07) is 0.482. The van der Waals surface area contributed by atoms with Crippen LogP contribution in [0.2, 0.25) is 0 Å². The molecule has 4 unspecified atom stereocenters. The van der Waals surface area contributed by atoms with Gasteiger partial charge >= 0.3 is 0 Å². The van der Waals surface area contributed by atoms with Gasteiger partial charge in [-0.25, -0.2) is 0 Å². The summed E-state index contributed by atoms with van der Waals surface area (Å²) < 4.78 is 0. The zero-order valence-electron chi connectivity index (χ0n) is 10.7. The second kappa shape index (κ2) is 6.30. The van der Waals surface area contributed by atoms with Crippen LogP contribution < -0.4 is 5.73 Å². The van der Waals surface area contributed by atoms with E-state index in [-0.39, 0.29) is 0 Å². The molecule has 4 atom stereocenters. The third-order valence-electron chi connectivity index (χ3n) is 4.63. The molecular weight excluding hydrogens is 214 g/mol. The molecule has 2 fully saturated rings. The maximum absolute atomic E-state index is 6.57. The molecule has 2 N–H and O–H groups in total. The average molecular weight is 241 g/mol. The molecular formula is C14H27NS. The number of hydrogen-bond donors (Lipinski definition) is 1. The van der Waals surface area contributed by atoms with Crippen LogP contribution in [0.25, 0.3) is 0 Å². The van der Waals surface area contributed by atoms with Crippen molar-refractivity contribution in [2.45, 2.75) is 69.6 Å². The minimum absolute atomic E-state index is 0.482. The van der Waals surface area contributed by atoms with E-state index < -0.39 is 0 Å². The van der Waals surface area contributed by atoms with E-state index in [9.17, 15) is 0 Å². The molecule has 1 saturated carbocycles. The normalized spacial score (nSPS) is 38.2. The van der Waals surface area contributed by atoms with Crippen molar-refractivity contribution in [3.05, 3.63) is 0 Å². The van der Waals surface area contributed by atoms with Crippen molar-refractivity contribution >= 4 is 11.8 Å². The molecule has 0 bridgehead atoms. The van der Waals surface area contributed by atoms with Gasteiger partial charge in [0, 0.05) is 11.3 Å². The topological polar surface area (TPSA) is 26.0 Å². The summed E-state index contributed by atoms with van der Waals surface area (Å²) in [4.78, 5) is 0. The molecule has 0 spiro atoms. The average Bonchev–Trinajstić information content (AvgIpc) is 2.39. The van der Waals surface area contributed by atoms with Crippen molar-refractivity contribution in [2.24, 2.45) is 17.6 Å². The highest BCUT2D eigenvalue weighted by Gasteiger charge is 2.33. The Morgan fingerprint density at radius 1 is 1.12 bits per heavy atom. The maximum Gasteiger partial charge on any atom is 0.0201 e.